The van der Waals surface area contributed by atoms with Crippen LogP contribution in [0, 0.1) is 11.6 Å². The van der Waals surface area contributed by atoms with Gasteiger partial charge in [0.25, 0.3) is 0 Å². The molecule has 0 atom stereocenters. The van der Waals surface area contributed by atoms with Crippen LogP contribution in [0.25, 0.3) is 10.8 Å². The third kappa shape index (κ3) is 2.14. The number of hydrogen-bond acceptors (Lipinski definition) is 3. The highest BCUT2D eigenvalue weighted by molar-refractivity contribution is 5.94. The zero-order chi connectivity index (χ0) is 14.1. The first kappa shape index (κ1) is 12.3. The molecule has 0 aliphatic rings. The number of halogens is 2. The Morgan fingerprint density at radius 2 is 1.75 bits per heavy atom. The van der Waals surface area contributed by atoms with Crippen molar-refractivity contribution in [1.82, 2.24) is 4.98 Å². The number of nitrogen functional groups attached to an aromatic ring is 1. The Hall–Kier alpha value is -2.69. The molecule has 3 nitrogen and oxygen atoms in total. The third-order valence-electron chi connectivity index (χ3n) is 2.99. The van der Waals surface area contributed by atoms with Crippen LogP contribution in [-0.2, 0) is 0 Å². The van der Waals surface area contributed by atoms with Crippen LogP contribution in [0.15, 0.2) is 48.7 Å². The van der Waals surface area contributed by atoms with E-state index in [9.17, 15) is 8.78 Å². The molecule has 0 aliphatic heterocycles. The van der Waals surface area contributed by atoms with Gasteiger partial charge in [-0.1, -0.05) is 6.07 Å². The molecule has 0 aliphatic carbocycles. The van der Waals surface area contributed by atoms with Crippen molar-refractivity contribution in [3.8, 4) is 0 Å². The highest BCUT2D eigenvalue weighted by atomic mass is 19.1. The Labute approximate surface area is 114 Å². The van der Waals surface area contributed by atoms with Crippen LogP contribution < -0.4 is 11.1 Å². The quantitative estimate of drug-likeness (QED) is 0.696. The number of para-hydroxylation sites is 1. The highest BCUT2D eigenvalue weighted by Gasteiger charge is 2.10. The molecule has 3 aromatic rings. The maximum Gasteiger partial charge on any atom is 0.149 e. The molecular formula is C15H11F2N3. The van der Waals surface area contributed by atoms with Crippen molar-refractivity contribution in [3.63, 3.8) is 0 Å². The van der Waals surface area contributed by atoms with E-state index in [0.717, 1.165) is 10.8 Å². The van der Waals surface area contributed by atoms with Crippen LogP contribution in [-0.4, -0.2) is 4.98 Å². The Kier molecular flexibility index (Phi) is 2.95. The smallest absolute Gasteiger partial charge is 0.149 e. The van der Waals surface area contributed by atoms with Crippen molar-refractivity contribution in [2.24, 2.45) is 0 Å². The first-order chi connectivity index (χ1) is 9.65. The summed E-state index contributed by atoms with van der Waals surface area (Å²) in [6, 6.07) is 10.7. The molecular weight excluding hydrogens is 260 g/mol. The van der Waals surface area contributed by atoms with Gasteiger partial charge in [-0.25, -0.2) is 13.8 Å². The minimum atomic E-state index is -0.667. The van der Waals surface area contributed by atoms with Crippen LogP contribution in [0.1, 0.15) is 0 Å². The van der Waals surface area contributed by atoms with Gasteiger partial charge in [-0.3, -0.25) is 0 Å². The second kappa shape index (κ2) is 4.77. The van der Waals surface area contributed by atoms with E-state index in [1.807, 2.05) is 0 Å². The van der Waals surface area contributed by atoms with Gasteiger partial charge in [0.1, 0.15) is 23.1 Å². The van der Waals surface area contributed by atoms with Crippen molar-refractivity contribution >= 4 is 28.0 Å². The topological polar surface area (TPSA) is 50.9 Å². The molecule has 100 valence electrons. The molecule has 0 saturated carbocycles. The van der Waals surface area contributed by atoms with Gasteiger partial charge in [-0.05, 0) is 41.8 Å². The summed E-state index contributed by atoms with van der Waals surface area (Å²) >= 11 is 0. The molecule has 0 amide bonds. The molecule has 3 rings (SSSR count). The molecule has 1 aromatic heterocycles. The monoisotopic (exact) mass is 271 g/mol. The fourth-order valence-electron chi connectivity index (χ4n) is 2.03. The molecule has 0 unspecified atom stereocenters. The minimum absolute atomic E-state index is 0.218. The van der Waals surface area contributed by atoms with Crippen molar-refractivity contribution in [3.05, 3.63) is 60.3 Å². The van der Waals surface area contributed by atoms with E-state index >= 15 is 0 Å². The van der Waals surface area contributed by atoms with Gasteiger partial charge in [-0.2, -0.15) is 0 Å². The zero-order valence-electron chi connectivity index (χ0n) is 10.4. The minimum Gasteiger partial charge on any atom is -0.399 e. The van der Waals surface area contributed by atoms with Gasteiger partial charge >= 0.3 is 0 Å². The summed E-state index contributed by atoms with van der Waals surface area (Å²) in [7, 11) is 0. The molecule has 0 bridgehead atoms. The molecule has 20 heavy (non-hydrogen) atoms. The van der Waals surface area contributed by atoms with Crippen LogP contribution in [0.2, 0.25) is 0 Å². The average molecular weight is 271 g/mol. The number of hydrogen-bond donors (Lipinski definition) is 2. The lowest BCUT2D eigenvalue weighted by atomic mass is 10.1. The lowest BCUT2D eigenvalue weighted by Gasteiger charge is -2.10. The van der Waals surface area contributed by atoms with Gasteiger partial charge in [0.05, 0.1) is 0 Å². The molecule has 5 heteroatoms. The summed E-state index contributed by atoms with van der Waals surface area (Å²) in [5, 5.41) is 4.29. The number of nitrogens with one attached hydrogen (secondary N) is 1. The normalized spacial score (nSPS) is 10.7. The molecule has 0 fully saturated rings. The number of rotatable bonds is 2. The fourth-order valence-corrected chi connectivity index (χ4v) is 2.03. The first-order valence-corrected chi connectivity index (χ1v) is 6.00. The first-order valence-electron chi connectivity index (χ1n) is 6.00. The SMILES string of the molecule is Nc1ccc2c(Nc3c(F)cccc3F)nccc2c1. The fraction of sp³-hybridized carbons (Fsp3) is 0. The van der Waals surface area contributed by atoms with Gasteiger partial charge in [0, 0.05) is 17.3 Å². The van der Waals surface area contributed by atoms with Crippen LogP contribution in [0.4, 0.5) is 26.0 Å². The third-order valence-corrected chi connectivity index (χ3v) is 2.99. The van der Waals surface area contributed by atoms with Crippen LogP contribution in [0.5, 0.6) is 0 Å². The zero-order valence-corrected chi connectivity index (χ0v) is 10.4. The highest BCUT2D eigenvalue weighted by Crippen LogP contribution is 2.28. The lowest BCUT2D eigenvalue weighted by molar-refractivity contribution is 0.590. The molecule has 0 saturated heterocycles. The van der Waals surface area contributed by atoms with Crippen molar-refractivity contribution in [2.75, 3.05) is 11.1 Å². The van der Waals surface area contributed by atoms with Crippen LogP contribution in [0.3, 0.4) is 0 Å². The number of nitrogens with zero attached hydrogens (tertiary/aromatic N) is 1. The summed E-state index contributed by atoms with van der Waals surface area (Å²) in [5.41, 5.74) is 6.11. The molecule has 2 aromatic carbocycles. The van der Waals surface area contributed by atoms with E-state index < -0.39 is 11.6 Å². The second-order valence-corrected chi connectivity index (χ2v) is 4.36. The Morgan fingerprint density at radius 3 is 2.50 bits per heavy atom. The summed E-state index contributed by atoms with van der Waals surface area (Å²) < 4.78 is 27.3. The number of benzene rings is 2. The number of nitrogens with two attached hydrogens (primary N) is 1. The molecule has 3 N–H and O–H groups in total. The van der Waals surface area contributed by atoms with Crippen molar-refractivity contribution in [1.29, 1.82) is 0 Å². The largest absolute Gasteiger partial charge is 0.399 e. The summed E-state index contributed by atoms with van der Waals surface area (Å²) in [4.78, 5) is 4.13. The van der Waals surface area contributed by atoms with E-state index in [4.69, 9.17) is 5.73 Å². The maximum atomic E-state index is 13.7. The Bertz CT molecular complexity index is 767. The van der Waals surface area contributed by atoms with E-state index in [0.29, 0.717) is 11.5 Å². The molecule has 0 radical (unpaired) electrons. The van der Waals surface area contributed by atoms with Gasteiger partial charge in [-0.15, -0.1) is 0 Å². The van der Waals surface area contributed by atoms with Gasteiger partial charge < -0.3 is 11.1 Å². The van der Waals surface area contributed by atoms with E-state index in [1.54, 1.807) is 30.5 Å². The molecule has 0 spiro atoms. The van der Waals surface area contributed by atoms with E-state index in [1.165, 1.54) is 18.2 Å². The second-order valence-electron chi connectivity index (χ2n) is 4.36. The van der Waals surface area contributed by atoms with Gasteiger partial charge in [0.2, 0.25) is 0 Å². The number of fused-ring (bicyclic) bond motifs is 1. The predicted molar refractivity (Wildman–Crippen MR) is 75.8 cm³/mol. The van der Waals surface area contributed by atoms with Gasteiger partial charge in [0.15, 0.2) is 0 Å². The van der Waals surface area contributed by atoms with Crippen molar-refractivity contribution < 1.29 is 8.78 Å². The van der Waals surface area contributed by atoms with E-state index in [-0.39, 0.29) is 5.69 Å². The standard InChI is InChI=1S/C15H11F2N3/c16-12-2-1-3-13(17)14(12)20-15-11-5-4-10(18)8-9(11)6-7-19-15/h1-8H,18H2,(H,19,20). The predicted octanol–water partition coefficient (Wildman–Crippen LogP) is 3.84. The van der Waals surface area contributed by atoms with Crippen LogP contribution >= 0.6 is 0 Å². The summed E-state index contributed by atoms with van der Waals surface area (Å²) in [5.74, 6) is -0.954. The average Bonchev–Trinajstić information content (AvgIpc) is 2.42. The maximum absolute atomic E-state index is 13.7. The number of pyridine rings is 1. The molecule has 1 heterocycles. The Morgan fingerprint density at radius 1 is 1.00 bits per heavy atom. The lowest BCUT2D eigenvalue weighted by Crippen LogP contribution is -2.00. The number of anilines is 3. The Balaban J connectivity index is 2.11. The van der Waals surface area contributed by atoms with E-state index in [2.05, 4.69) is 10.3 Å². The summed E-state index contributed by atoms with van der Waals surface area (Å²) in [6.07, 6.45) is 1.56. The van der Waals surface area contributed by atoms with Crippen molar-refractivity contribution in [2.45, 2.75) is 0 Å². The number of aromatic nitrogens is 1. The summed E-state index contributed by atoms with van der Waals surface area (Å²) in [6.45, 7) is 0.